The minimum Gasteiger partial charge on any atom is -0.481 e. The van der Waals surface area contributed by atoms with Gasteiger partial charge >= 0.3 is 5.97 Å². The van der Waals surface area contributed by atoms with Crippen LogP contribution in [0, 0.1) is 16.0 Å². The maximum Gasteiger partial charge on any atom is 0.309 e. The standard InChI is InChI=1S/C7H12N2O5/c8-5-2-3(9(13)14)1-4(6(5)10)7(11)12/h3-6,10H,1-2,8H2,(H,11,12). The number of aliphatic carboxylic acids is 1. The average Bonchev–Trinajstić information content (AvgIpc) is 2.08. The number of hydrogen-bond donors (Lipinski definition) is 3. The van der Waals surface area contributed by atoms with Crippen LogP contribution in [0.1, 0.15) is 12.8 Å². The molecule has 7 heteroatoms. The van der Waals surface area contributed by atoms with Crippen molar-refractivity contribution in [2.75, 3.05) is 0 Å². The van der Waals surface area contributed by atoms with Crippen LogP contribution in [-0.4, -0.2) is 39.3 Å². The molecule has 1 aliphatic carbocycles. The van der Waals surface area contributed by atoms with E-state index in [2.05, 4.69) is 0 Å². The monoisotopic (exact) mass is 204 g/mol. The van der Waals surface area contributed by atoms with Gasteiger partial charge in [0, 0.05) is 23.8 Å². The molecule has 14 heavy (non-hydrogen) atoms. The molecule has 4 N–H and O–H groups in total. The van der Waals surface area contributed by atoms with Crippen molar-refractivity contribution in [1.82, 2.24) is 0 Å². The number of nitrogens with two attached hydrogens (primary N) is 1. The summed E-state index contributed by atoms with van der Waals surface area (Å²) in [6.07, 6.45) is -1.32. The first kappa shape index (κ1) is 10.9. The molecule has 7 nitrogen and oxygen atoms in total. The molecule has 80 valence electrons. The summed E-state index contributed by atoms with van der Waals surface area (Å²) in [5.74, 6) is -2.37. The van der Waals surface area contributed by atoms with Crippen molar-refractivity contribution in [3.05, 3.63) is 10.1 Å². The van der Waals surface area contributed by atoms with Crippen LogP contribution in [0.5, 0.6) is 0 Å². The molecule has 0 heterocycles. The lowest BCUT2D eigenvalue weighted by Crippen LogP contribution is -2.52. The zero-order valence-electron chi connectivity index (χ0n) is 7.37. The molecular weight excluding hydrogens is 192 g/mol. The van der Waals surface area contributed by atoms with Crippen LogP contribution in [-0.2, 0) is 4.79 Å². The van der Waals surface area contributed by atoms with Crippen molar-refractivity contribution in [2.24, 2.45) is 11.7 Å². The van der Waals surface area contributed by atoms with Crippen LogP contribution < -0.4 is 5.73 Å². The number of hydrogen-bond acceptors (Lipinski definition) is 5. The van der Waals surface area contributed by atoms with Crippen LogP contribution in [0.15, 0.2) is 0 Å². The van der Waals surface area contributed by atoms with Crippen LogP contribution >= 0.6 is 0 Å². The summed E-state index contributed by atoms with van der Waals surface area (Å²) in [5.41, 5.74) is 5.42. The first-order valence-corrected chi connectivity index (χ1v) is 4.23. The van der Waals surface area contributed by atoms with E-state index in [-0.39, 0.29) is 12.8 Å². The highest BCUT2D eigenvalue weighted by molar-refractivity contribution is 5.71. The van der Waals surface area contributed by atoms with E-state index in [1.54, 1.807) is 0 Å². The molecule has 0 aromatic heterocycles. The Kier molecular flexibility index (Phi) is 3.02. The molecule has 1 fully saturated rings. The second kappa shape index (κ2) is 3.89. The fourth-order valence-electron chi connectivity index (χ4n) is 1.70. The molecular formula is C7H12N2O5. The van der Waals surface area contributed by atoms with Gasteiger partial charge in [-0.05, 0) is 0 Å². The highest BCUT2D eigenvalue weighted by Crippen LogP contribution is 2.26. The molecule has 0 spiro atoms. The van der Waals surface area contributed by atoms with Gasteiger partial charge in [0.05, 0.1) is 12.0 Å². The molecule has 0 aromatic carbocycles. The van der Waals surface area contributed by atoms with Crippen molar-refractivity contribution < 1.29 is 19.9 Å². The Bertz CT molecular complexity index is 256. The second-order valence-electron chi connectivity index (χ2n) is 3.51. The summed E-state index contributed by atoms with van der Waals surface area (Å²) in [6.45, 7) is 0. The molecule has 1 saturated carbocycles. The van der Waals surface area contributed by atoms with E-state index in [1.807, 2.05) is 0 Å². The predicted molar refractivity (Wildman–Crippen MR) is 45.1 cm³/mol. The van der Waals surface area contributed by atoms with E-state index in [1.165, 1.54) is 0 Å². The van der Waals surface area contributed by atoms with Gasteiger partial charge in [-0.25, -0.2) is 0 Å². The molecule has 4 unspecified atom stereocenters. The summed E-state index contributed by atoms with van der Waals surface area (Å²) in [7, 11) is 0. The molecule has 0 saturated heterocycles. The lowest BCUT2D eigenvalue weighted by atomic mass is 9.80. The minimum atomic E-state index is -1.24. The number of nitro groups is 1. The molecule has 0 radical (unpaired) electrons. The van der Waals surface area contributed by atoms with Gasteiger partial charge in [-0.3, -0.25) is 14.9 Å². The highest BCUT2D eigenvalue weighted by atomic mass is 16.6. The van der Waals surface area contributed by atoms with E-state index in [4.69, 9.17) is 10.8 Å². The molecule has 4 atom stereocenters. The zero-order valence-corrected chi connectivity index (χ0v) is 7.37. The van der Waals surface area contributed by atoms with E-state index in [9.17, 15) is 20.0 Å². The second-order valence-corrected chi connectivity index (χ2v) is 3.51. The molecule has 1 rings (SSSR count). The summed E-state index contributed by atoms with van der Waals surface area (Å²) in [5, 5.41) is 28.5. The number of carbonyl (C=O) groups is 1. The van der Waals surface area contributed by atoms with Gasteiger partial charge in [0.25, 0.3) is 0 Å². The molecule has 0 amide bonds. The Morgan fingerprint density at radius 2 is 2.07 bits per heavy atom. The van der Waals surface area contributed by atoms with E-state index in [0.717, 1.165) is 0 Å². The average molecular weight is 204 g/mol. The third-order valence-electron chi connectivity index (χ3n) is 2.54. The molecule has 0 bridgehead atoms. The van der Waals surface area contributed by atoms with E-state index >= 15 is 0 Å². The molecule has 0 aliphatic heterocycles. The fourth-order valence-corrected chi connectivity index (χ4v) is 1.70. The van der Waals surface area contributed by atoms with Crippen molar-refractivity contribution in [3.63, 3.8) is 0 Å². The van der Waals surface area contributed by atoms with Crippen molar-refractivity contribution >= 4 is 5.97 Å². The van der Waals surface area contributed by atoms with Gasteiger partial charge in [0.1, 0.15) is 0 Å². The van der Waals surface area contributed by atoms with Gasteiger partial charge in [-0.15, -0.1) is 0 Å². The zero-order chi connectivity index (χ0) is 10.9. The quantitative estimate of drug-likeness (QED) is 0.383. The number of nitrogens with zero attached hydrogens (tertiary/aromatic N) is 1. The number of aliphatic hydroxyl groups excluding tert-OH is 1. The van der Waals surface area contributed by atoms with Crippen LogP contribution in [0.3, 0.4) is 0 Å². The third kappa shape index (κ3) is 1.99. The molecule has 1 aliphatic rings. The van der Waals surface area contributed by atoms with Gasteiger partial charge in [-0.2, -0.15) is 0 Å². The minimum absolute atomic E-state index is 0.0257. The number of carboxylic acids is 1. The highest BCUT2D eigenvalue weighted by Gasteiger charge is 2.43. The topological polar surface area (TPSA) is 127 Å². The Balaban J connectivity index is 2.76. The normalized spacial score (nSPS) is 37.9. The van der Waals surface area contributed by atoms with Gasteiger partial charge < -0.3 is 15.9 Å². The largest absolute Gasteiger partial charge is 0.481 e. The third-order valence-corrected chi connectivity index (χ3v) is 2.54. The van der Waals surface area contributed by atoms with Gasteiger partial charge in [0.15, 0.2) is 0 Å². The summed E-state index contributed by atoms with van der Waals surface area (Å²) in [6, 6.07) is -1.80. The van der Waals surface area contributed by atoms with Crippen LogP contribution in [0.25, 0.3) is 0 Å². The van der Waals surface area contributed by atoms with Crippen molar-refractivity contribution in [1.29, 1.82) is 0 Å². The SMILES string of the molecule is NC1CC([N+](=O)[O-])CC(C(=O)O)C1O. The molecule has 0 aromatic rings. The van der Waals surface area contributed by atoms with E-state index < -0.39 is 35.0 Å². The lowest BCUT2D eigenvalue weighted by molar-refractivity contribution is -0.529. The number of aliphatic hydroxyl groups is 1. The Hall–Kier alpha value is -1.21. The summed E-state index contributed by atoms with van der Waals surface area (Å²) < 4.78 is 0. The van der Waals surface area contributed by atoms with Crippen LogP contribution in [0.2, 0.25) is 0 Å². The Labute approximate surface area is 79.7 Å². The summed E-state index contributed by atoms with van der Waals surface area (Å²) in [4.78, 5) is 20.6. The summed E-state index contributed by atoms with van der Waals surface area (Å²) >= 11 is 0. The van der Waals surface area contributed by atoms with Gasteiger partial charge in [0.2, 0.25) is 6.04 Å². The first-order chi connectivity index (χ1) is 6.43. The van der Waals surface area contributed by atoms with Crippen molar-refractivity contribution in [2.45, 2.75) is 31.0 Å². The maximum atomic E-state index is 10.6. The number of carboxylic acid groups (broad SMARTS) is 1. The van der Waals surface area contributed by atoms with Crippen LogP contribution in [0.4, 0.5) is 0 Å². The lowest BCUT2D eigenvalue weighted by Gasteiger charge is -2.31. The fraction of sp³-hybridized carbons (Fsp3) is 0.857. The van der Waals surface area contributed by atoms with Crippen molar-refractivity contribution in [3.8, 4) is 0 Å². The van der Waals surface area contributed by atoms with E-state index in [0.29, 0.717) is 0 Å². The first-order valence-electron chi connectivity index (χ1n) is 4.23. The Morgan fingerprint density at radius 3 is 2.50 bits per heavy atom. The number of rotatable bonds is 2. The Morgan fingerprint density at radius 1 is 1.50 bits per heavy atom. The smallest absolute Gasteiger partial charge is 0.309 e. The predicted octanol–water partition coefficient (Wildman–Crippen LogP) is -1.19. The maximum absolute atomic E-state index is 10.6. The van der Waals surface area contributed by atoms with Gasteiger partial charge in [-0.1, -0.05) is 0 Å².